The Morgan fingerprint density at radius 3 is 2.82 bits per heavy atom. The monoisotopic (exact) mass is 257 g/mol. The van der Waals surface area contributed by atoms with Gasteiger partial charge in [0, 0.05) is 24.3 Å². The van der Waals surface area contributed by atoms with Crippen LogP contribution < -0.4 is 0 Å². The molecule has 0 aromatic rings. The summed E-state index contributed by atoms with van der Waals surface area (Å²) in [6.45, 7) is 0.417. The zero-order valence-electron chi connectivity index (χ0n) is 10.1. The largest absolute Gasteiger partial charge is 0.481 e. The van der Waals surface area contributed by atoms with Crippen molar-refractivity contribution < 1.29 is 14.7 Å². The molecular formula is C12H19NO3S. The molecule has 2 aliphatic rings. The van der Waals surface area contributed by atoms with Gasteiger partial charge >= 0.3 is 5.97 Å². The average molecular weight is 257 g/mol. The molecule has 4 nitrogen and oxygen atoms in total. The number of thioether (sulfide) groups is 1. The number of carbonyl (C=O) groups excluding carboxylic acids is 1. The fourth-order valence-electron chi connectivity index (χ4n) is 2.87. The first kappa shape index (κ1) is 12.7. The first-order chi connectivity index (χ1) is 8.11. The minimum absolute atomic E-state index is 0.0316. The summed E-state index contributed by atoms with van der Waals surface area (Å²) in [5.41, 5.74) is 0. The third-order valence-corrected chi connectivity index (χ3v) is 4.98. The smallest absolute Gasteiger partial charge is 0.308 e. The number of carboxylic acids is 1. The predicted octanol–water partition coefficient (Wildman–Crippen LogP) is 1.59. The zero-order chi connectivity index (χ0) is 12.4. The van der Waals surface area contributed by atoms with Crippen LogP contribution in [-0.2, 0) is 9.59 Å². The third kappa shape index (κ3) is 2.76. The molecule has 1 amide bonds. The van der Waals surface area contributed by atoms with Crippen molar-refractivity contribution in [1.82, 2.24) is 4.90 Å². The standard InChI is InChI=1S/C12H19NO3S/c1-17-10-4-2-3-9(6-10)13-7-8(12(15)16)5-11(13)14/h8-10H,2-7H2,1H3,(H,15,16). The Kier molecular flexibility index (Phi) is 3.97. The zero-order valence-corrected chi connectivity index (χ0v) is 10.9. The normalized spacial score (nSPS) is 34.1. The lowest BCUT2D eigenvalue weighted by Crippen LogP contribution is -2.40. The van der Waals surface area contributed by atoms with Crippen LogP contribution in [0.25, 0.3) is 0 Å². The van der Waals surface area contributed by atoms with Gasteiger partial charge in [-0.05, 0) is 25.5 Å². The van der Waals surface area contributed by atoms with E-state index in [1.54, 1.807) is 0 Å². The van der Waals surface area contributed by atoms with Gasteiger partial charge < -0.3 is 10.0 Å². The van der Waals surface area contributed by atoms with Crippen LogP contribution in [0.5, 0.6) is 0 Å². The number of hydrogen-bond donors (Lipinski definition) is 1. The molecule has 0 aromatic heterocycles. The Morgan fingerprint density at radius 2 is 2.24 bits per heavy atom. The van der Waals surface area contributed by atoms with Gasteiger partial charge in [0.1, 0.15) is 0 Å². The lowest BCUT2D eigenvalue weighted by Gasteiger charge is -2.34. The molecule has 1 aliphatic carbocycles. The van der Waals surface area contributed by atoms with Crippen molar-refractivity contribution in [2.24, 2.45) is 5.92 Å². The summed E-state index contributed by atoms with van der Waals surface area (Å²) in [6, 6.07) is 0.276. The number of carbonyl (C=O) groups is 2. The summed E-state index contributed by atoms with van der Waals surface area (Å²) in [4.78, 5) is 24.6. The van der Waals surface area contributed by atoms with Gasteiger partial charge in [-0.25, -0.2) is 0 Å². The van der Waals surface area contributed by atoms with Gasteiger partial charge in [0.25, 0.3) is 0 Å². The topological polar surface area (TPSA) is 57.6 Å². The third-order valence-electron chi connectivity index (χ3n) is 3.88. The molecule has 1 saturated heterocycles. The van der Waals surface area contributed by atoms with E-state index in [4.69, 9.17) is 5.11 Å². The van der Waals surface area contributed by atoms with Crippen molar-refractivity contribution in [3.63, 3.8) is 0 Å². The van der Waals surface area contributed by atoms with Crippen LogP contribution in [0.2, 0.25) is 0 Å². The Labute approximate surface area is 106 Å². The maximum absolute atomic E-state index is 11.8. The average Bonchev–Trinajstić information content (AvgIpc) is 2.72. The molecule has 3 unspecified atom stereocenters. The minimum atomic E-state index is -0.835. The highest BCUT2D eigenvalue weighted by Crippen LogP contribution is 2.32. The highest BCUT2D eigenvalue weighted by atomic mass is 32.2. The van der Waals surface area contributed by atoms with Crippen molar-refractivity contribution >= 4 is 23.6 Å². The highest BCUT2D eigenvalue weighted by molar-refractivity contribution is 7.99. The maximum Gasteiger partial charge on any atom is 0.308 e. The lowest BCUT2D eigenvalue weighted by molar-refractivity contribution is -0.141. The van der Waals surface area contributed by atoms with E-state index in [1.165, 1.54) is 6.42 Å². The Morgan fingerprint density at radius 1 is 1.47 bits per heavy atom. The van der Waals surface area contributed by atoms with Gasteiger partial charge in [-0.1, -0.05) is 6.42 Å². The Bertz CT molecular complexity index is 321. The van der Waals surface area contributed by atoms with Crippen LogP contribution in [0.15, 0.2) is 0 Å². The highest BCUT2D eigenvalue weighted by Gasteiger charge is 2.39. The second-order valence-corrected chi connectivity index (χ2v) is 6.10. The molecule has 5 heteroatoms. The summed E-state index contributed by atoms with van der Waals surface area (Å²) in [7, 11) is 0. The van der Waals surface area contributed by atoms with E-state index in [-0.39, 0.29) is 18.4 Å². The van der Waals surface area contributed by atoms with Gasteiger partial charge in [0.05, 0.1) is 5.92 Å². The van der Waals surface area contributed by atoms with Crippen LogP contribution in [0.1, 0.15) is 32.1 Å². The maximum atomic E-state index is 11.8. The molecule has 0 aromatic carbocycles. The fourth-order valence-corrected chi connectivity index (χ4v) is 3.68. The van der Waals surface area contributed by atoms with E-state index >= 15 is 0 Å². The Balaban J connectivity index is 1.98. The molecular weight excluding hydrogens is 238 g/mol. The van der Waals surface area contributed by atoms with Crippen molar-refractivity contribution in [3.8, 4) is 0 Å². The van der Waals surface area contributed by atoms with E-state index in [1.807, 2.05) is 16.7 Å². The van der Waals surface area contributed by atoms with E-state index in [0.717, 1.165) is 19.3 Å². The van der Waals surface area contributed by atoms with Gasteiger partial charge in [-0.3, -0.25) is 9.59 Å². The molecule has 2 fully saturated rings. The molecule has 2 rings (SSSR count). The summed E-state index contributed by atoms with van der Waals surface area (Å²) in [6.07, 6.45) is 6.74. The second-order valence-electron chi connectivity index (χ2n) is 4.96. The lowest BCUT2D eigenvalue weighted by atomic mass is 9.94. The van der Waals surface area contributed by atoms with Crippen LogP contribution >= 0.6 is 11.8 Å². The number of rotatable bonds is 3. The molecule has 3 atom stereocenters. The summed E-state index contributed by atoms with van der Waals surface area (Å²) < 4.78 is 0. The van der Waals surface area contributed by atoms with Gasteiger partial charge in [-0.15, -0.1) is 0 Å². The van der Waals surface area contributed by atoms with Gasteiger partial charge in [-0.2, -0.15) is 11.8 Å². The van der Waals surface area contributed by atoms with Crippen LogP contribution in [0, 0.1) is 5.92 Å². The minimum Gasteiger partial charge on any atom is -0.481 e. The molecule has 17 heavy (non-hydrogen) atoms. The van der Waals surface area contributed by atoms with Crippen LogP contribution in [0.3, 0.4) is 0 Å². The number of likely N-dealkylation sites (tertiary alicyclic amines) is 1. The number of aliphatic carboxylic acids is 1. The molecule has 1 N–H and O–H groups in total. The summed E-state index contributed by atoms with van der Waals surface area (Å²) in [5.74, 6) is -1.29. The van der Waals surface area contributed by atoms with E-state index in [0.29, 0.717) is 11.8 Å². The quantitative estimate of drug-likeness (QED) is 0.834. The molecule has 1 aliphatic heterocycles. The number of amides is 1. The van der Waals surface area contributed by atoms with Crippen molar-refractivity contribution in [1.29, 1.82) is 0 Å². The molecule has 0 bridgehead atoms. The van der Waals surface area contributed by atoms with Crippen LogP contribution in [-0.4, -0.2) is 46.0 Å². The van der Waals surface area contributed by atoms with E-state index in [2.05, 4.69) is 6.26 Å². The fraction of sp³-hybridized carbons (Fsp3) is 0.833. The number of carboxylic acid groups (broad SMARTS) is 1. The first-order valence-corrected chi connectivity index (χ1v) is 7.45. The van der Waals surface area contributed by atoms with E-state index in [9.17, 15) is 9.59 Å². The molecule has 0 radical (unpaired) electrons. The van der Waals surface area contributed by atoms with Gasteiger partial charge in [0.2, 0.25) is 5.91 Å². The number of nitrogens with zero attached hydrogens (tertiary/aromatic N) is 1. The van der Waals surface area contributed by atoms with Crippen molar-refractivity contribution in [2.75, 3.05) is 12.8 Å². The van der Waals surface area contributed by atoms with E-state index < -0.39 is 11.9 Å². The molecule has 1 heterocycles. The van der Waals surface area contributed by atoms with Crippen molar-refractivity contribution in [3.05, 3.63) is 0 Å². The second kappa shape index (κ2) is 5.29. The van der Waals surface area contributed by atoms with Crippen LogP contribution in [0.4, 0.5) is 0 Å². The summed E-state index contributed by atoms with van der Waals surface area (Å²) in [5, 5.41) is 9.59. The SMILES string of the molecule is CSC1CCCC(N2CC(C(=O)O)CC2=O)C1. The van der Waals surface area contributed by atoms with Gasteiger partial charge in [0.15, 0.2) is 0 Å². The summed E-state index contributed by atoms with van der Waals surface area (Å²) >= 11 is 1.86. The van der Waals surface area contributed by atoms with Crippen molar-refractivity contribution in [2.45, 2.75) is 43.4 Å². The number of hydrogen-bond acceptors (Lipinski definition) is 3. The molecule has 96 valence electrons. The first-order valence-electron chi connectivity index (χ1n) is 6.17. The Hall–Kier alpha value is -0.710. The molecule has 1 saturated carbocycles. The molecule has 0 spiro atoms. The predicted molar refractivity (Wildman–Crippen MR) is 67.0 cm³/mol.